The lowest BCUT2D eigenvalue weighted by atomic mass is 10.1. The van der Waals surface area contributed by atoms with E-state index in [-0.39, 0.29) is 6.04 Å². The second-order valence-electron chi connectivity index (χ2n) is 5.14. The summed E-state index contributed by atoms with van der Waals surface area (Å²) in [7, 11) is 1.68. The molecule has 4 nitrogen and oxygen atoms in total. The third kappa shape index (κ3) is 2.86. The Labute approximate surface area is 130 Å². The molecule has 3 rings (SSSR count). The maximum absolute atomic E-state index is 5.27. The Balaban J connectivity index is 1.88. The molecule has 0 spiro atoms. The van der Waals surface area contributed by atoms with Crippen molar-refractivity contribution in [2.45, 2.75) is 19.4 Å². The van der Waals surface area contributed by atoms with E-state index >= 15 is 0 Å². The molecule has 0 amide bonds. The van der Waals surface area contributed by atoms with Gasteiger partial charge in [-0.25, -0.2) is 4.98 Å². The molecule has 1 aromatic carbocycles. The molecule has 0 radical (unpaired) electrons. The fourth-order valence-electron chi connectivity index (χ4n) is 2.60. The van der Waals surface area contributed by atoms with Crippen molar-refractivity contribution in [3.63, 3.8) is 0 Å². The predicted molar refractivity (Wildman–Crippen MR) is 86.9 cm³/mol. The molecule has 0 aliphatic rings. The Morgan fingerprint density at radius 1 is 1.18 bits per heavy atom. The van der Waals surface area contributed by atoms with Gasteiger partial charge in [-0.15, -0.1) is 0 Å². The number of aromatic nitrogens is 3. The maximum atomic E-state index is 5.27. The number of imidazole rings is 1. The van der Waals surface area contributed by atoms with Gasteiger partial charge in [0.1, 0.15) is 5.75 Å². The zero-order chi connectivity index (χ0) is 15.4. The van der Waals surface area contributed by atoms with Crippen molar-refractivity contribution in [3.8, 4) is 16.9 Å². The number of benzene rings is 1. The average Bonchev–Trinajstić information content (AvgIpc) is 3.10. The molecule has 0 N–H and O–H groups in total. The van der Waals surface area contributed by atoms with Crippen molar-refractivity contribution in [3.05, 3.63) is 67.0 Å². The van der Waals surface area contributed by atoms with Gasteiger partial charge in [-0.1, -0.05) is 25.1 Å². The molecule has 0 bridgehead atoms. The van der Waals surface area contributed by atoms with Crippen molar-refractivity contribution in [2.75, 3.05) is 7.11 Å². The molecule has 4 heteroatoms. The summed E-state index contributed by atoms with van der Waals surface area (Å²) >= 11 is 0. The maximum Gasteiger partial charge on any atom is 0.119 e. The number of ether oxygens (including phenoxy) is 1. The van der Waals surface area contributed by atoms with Crippen LogP contribution in [-0.4, -0.2) is 21.6 Å². The largest absolute Gasteiger partial charge is 0.497 e. The van der Waals surface area contributed by atoms with Crippen LogP contribution in [0.3, 0.4) is 0 Å². The SMILES string of the molecule is CCC(c1ccc(-c2cccc(OC)c2)cn1)n1ccnc1. The first kappa shape index (κ1) is 14.3. The van der Waals surface area contributed by atoms with Crippen LogP contribution in [0.5, 0.6) is 5.75 Å². The van der Waals surface area contributed by atoms with Crippen molar-refractivity contribution >= 4 is 0 Å². The van der Waals surface area contributed by atoms with Gasteiger partial charge in [0, 0.05) is 24.2 Å². The second-order valence-corrected chi connectivity index (χ2v) is 5.14. The van der Waals surface area contributed by atoms with E-state index in [0.717, 1.165) is 29.0 Å². The Morgan fingerprint density at radius 3 is 2.73 bits per heavy atom. The Hall–Kier alpha value is -2.62. The van der Waals surface area contributed by atoms with Gasteiger partial charge in [-0.05, 0) is 30.2 Å². The van der Waals surface area contributed by atoms with Gasteiger partial charge in [0.15, 0.2) is 0 Å². The summed E-state index contributed by atoms with van der Waals surface area (Å²) in [5.41, 5.74) is 3.24. The van der Waals surface area contributed by atoms with Gasteiger partial charge < -0.3 is 9.30 Å². The first-order chi connectivity index (χ1) is 10.8. The van der Waals surface area contributed by atoms with Crippen molar-refractivity contribution in [1.29, 1.82) is 0 Å². The highest BCUT2D eigenvalue weighted by atomic mass is 16.5. The van der Waals surface area contributed by atoms with Crippen LogP contribution in [0.2, 0.25) is 0 Å². The highest BCUT2D eigenvalue weighted by molar-refractivity contribution is 5.64. The number of methoxy groups -OCH3 is 1. The number of hydrogen-bond acceptors (Lipinski definition) is 3. The summed E-state index contributed by atoms with van der Waals surface area (Å²) in [5, 5.41) is 0. The van der Waals surface area contributed by atoms with E-state index in [1.807, 2.05) is 36.9 Å². The lowest BCUT2D eigenvalue weighted by molar-refractivity contribution is 0.415. The molecule has 0 saturated heterocycles. The van der Waals surface area contributed by atoms with E-state index in [1.165, 1.54) is 0 Å². The van der Waals surface area contributed by atoms with E-state index in [2.05, 4.69) is 39.7 Å². The van der Waals surface area contributed by atoms with E-state index < -0.39 is 0 Å². The fraction of sp³-hybridized carbons (Fsp3) is 0.222. The second kappa shape index (κ2) is 6.43. The van der Waals surface area contributed by atoms with Gasteiger partial charge in [0.2, 0.25) is 0 Å². The summed E-state index contributed by atoms with van der Waals surface area (Å²) in [5.74, 6) is 0.853. The first-order valence-electron chi connectivity index (χ1n) is 7.39. The molecule has 2 aromatic heterocycles. The molecule has 0 aliphatic carbocycles. The topological polar surface area (TPSA) is 39.9 Å². The van der Waals surface area contributed by atoms with Crippen LogP contribution in [0, 0.1) is 0 Å². The molecule has 1 unspecified atom stereocenters. The first-order valence-corrected chi connectivity index (χ1v) is 7.39. The lowest BCUT2D eigenvalue weighted by Gasteiger charge is -2.16. The quantitative estimate of drug-likeness (QED) is 0.715. The van der Waals surface area contributed by atoms with Crippen LogP contribution in [0.15, 0.2) is 61.3 Å². The molecule has 2 heterocycles. The van der Waals surface area contributed by atoms with Crippen LogP contribution in [0.4, 0.5) is 0 Å². The summed E-state index contributed by atoms with van der Waals surface area (Å²) in [6, 6.07) is 12.4. The van der Waals surface area contributed by atoms with E-state index in [1.54, 1.807) is 13.3 Å². The van der Waals surface area contributed by atoms with Gasteiger partial charge in [-0.2, -0.15) is 0 Å². The third-order valence-corrected chi connectivity index (χ3v) is 3.80. The van der Waals surface area contributed by atoms with Crippen LogP contribution in [-0.2, 0) is 0 Å². The normalized spacial score (nSPS) is 12.1. The molecule has 0 aliphatic heterocycles. The molecule has 0 fully saturated rings. The van der Waals surface area contributed by atoms with Gasteiger partial charge in [-0.3, -0.25) is 4.98 Å². The zero-order valence-electron chi connectivity index (χ0n) is 12.8. The van der Waals surface area contributed by atoms with Gasteiger partial charge >= 0.3 is 0 Å². The molecule has 3 aromatic rings. The van der Waals surface area contributed by atoms with Crippen molar-refractivity contribution in [1.82, 2.24) is 14.5 Å². The predicted octanol–water partition coefficient (Wildman–Crippen LogP) is 3.95. The standard InChI is InChI=1S/C18H19N3O/c1-3-18(21-10-9-19-13-21)17-8-7-15(12-20-17)14-5-4-6-16(11-14)22-2/h4-13,18H,3H2,1-2H3. The summed E-state index contributed by atoms with van der Waals surface area (Å²) in [6.45, 7) is 2.16. The molecular formula is C18H19N3O. The monoisotopic (exact) mass is 293 g/mol. The van der Waals surface area contributed by atoms with Gasteiger partial charge in [0.25, 0.3) is 0 Å². The summed E-state index contributed by atoms with van der Waals surface area (Å²) < 4.78 is 7.36. The summed E-state index contributed by atoms with van der Waals surface area (Å²) in [6.07, 6.45) is 8.51. The smallest absolute Gasteiger partial charge is 0.119 e. The Morgan fingerprint density at radius 2 is 2.09 bits per heavy atom. The average molecular weight is 293 g/mol. The van der Waals surface area contributed by atoms with E-state index in [4.69, 9.17) is 4.74 Å². The Bertz CT molecular complexity index is 720. The molecule has 112 valence electrons. The van der Waals surface area contributed by atoms with Gasteiger partial charge in [0.05, 0.1) is 25.2 Å². The number of rotatable bonds is 5. The van der Waals surface area contributed by atoms with Crippen LogP contribution in [0.1, 0.15) is 25.1 Å². The number of hydrogen-bond donors (Lipinski definition) is 0. The van der Waals surface area contributed by atoms with Crippen molar-refractivity contribution in [2.24, 2.45) is 0 Å². The third-order valence-electron chi connectivity index (χ3n) is 3.80. The van der Waals surface area contributed by atoms with Crippen LogP contribution >= 0.6 is 0 Å². The fourth-order valence-corrected chi connectivity index (χ4v) is 2.60. The highest BCUT2D eigenvalue weighted by Crippen LogP contribution is 2.25. The molecular weight excluding hydrogens is 274 g/mol. The van der Waals surface area contributed by atoms with Crippen molar-refractivity contribution < 1.29 is 4.74 Å². The Kier molecular flexibility index (Phi) is 4.19. The number of nitrogens with zero attached hydrogens (tertiary/aromatic N) is 3. The van der Waals surface area contributed by atoms with E-state index in [9.17, 15) is 0 Å². The number of pyridine rings is 1. The van der Waals surface area contributed by atoms with Crippen LogP contribution < -0.4 is 4.74 Å². The lowest BCUT2D eigenvalue weighted by Crippen LogP contribution is -2.09. The molecule has 22 heavy (non-hydrogen) atoms. The minimum atomic E-state index is 0.224. The molecule has 1 atom stereocenters. The summed E-state index contributed by atoms with van der Waals surface area (Å²) in [4.78, 5) is 8.77. The zero-order valence-corrected chi connectivity index (χ0v) is 12.8. The van der Waals surface area contributed by atoms with Crippen LogP contribution in [0.25, 0.3) is 11.1 Å². The minimum Gasteiger partial charge on any atom is -0.497 e. The molecule has 0 saturated carbocycles. The van der Waals surface area contributed by atoms with E-state index in [0.29, 0.717) is 0 Å². The highest BCUT2D eigenvalue weighted by Gasteiger charge is 2.12. The minimum absolute atomic E-state index is 0.224.